The molecule has 1 aliphatic heterocycles. The van der Waals surface area contributed by atoms with Crippen molar-refractivity contribution >= 4 is 22.8 Å². The van der Waals surface area contributed by atoms with Gasteiger partial charge in [-0.2, -0.15) is 0 Å². The van der Waals surface area contributed by atoms with Gasteiger partial charge in [-0.05, 0) is 30.3 Å². The third-order valence-corrected chi connectivity index (χ3v) is 5.12. The smallest absolute Gasteiger partial charge is 0.289 e. The van der Waals surface area contributed by atoms with E-state index < -0.39 is 0 Å². The lowest BCUT2D eigenvalue weighted by Crippen LogP contribution is -2.50. The number of hydrogen-bond donors (Lipinski definition) is 0. The molecule has 7 nitrogen and oxygen atoms in total. The van der Waals surface area contributed by atoms with Gasteiger partial charge < -0.3 is 23.7 Å². The van der Waals surface area contributed by atoms with E-state index in [1.807, 2.05) is 24.3 Å². The number of amides is 2. The van der Waals surface area contributed by atoms with E-state index in [1.54, 1.807) is 41.2 Å². The average Bonchev–Trinajstić information content (AvgIpc) is 3.22. The van der Waals surface area contributed by atoms with Crippen molar-refractivity contribution in [2.75, 3.05) is 40.4 Å². The van der Waals surface area contributed by atoms with Crippen molar-refractivity contribution in [1.29, 1.82) is 0 Å². The lowest BCUT2D eigenvalue weighted by atomic mass is 10.1. The molecule has 1 saturated heterocycles. The molecule has 4 rings (SSSR count). The molecule has 0 N–H and O–H groups in total. The normalized spacial score (nSPS) is 14.1. The molecular formula is C22H22N2O5. The molecule has 0 saturated carbocycles. The topological polar surface area (TPSA) is 72.2 Å². The van der Waals surface area contributed by atoms with Gasteiger partial charge in [-0.15, -0.1) is 0 Å². The number of nitrogens with zero attached hydrogens (tertiary/aromatic N) is 2. The van der Waals surface area contributed by atoms with Crippen LogP contribution < -0.4 is 9.47 Å². The lowest BCUT2D eigenvalue weighted by Gasteiger charge is -2.34. The fourth-order valence-electron chi connectivity index (χ4n) is 3.51. The molecule has 2 heterocycles. The molecule has 1 aromatic heterocycles. The summed E-state index contributed by atoms with van der Waals surface area (Å²) >= 11 is 0. The van der Waals surface area contributed by atoms with Gasteiger partial charge in [0, 0.05) is 37.1 Å². The molecular weight excluding hydrogens is 372 g/mol. The summed E-state index contributed by atoms with van der Waals surface area (Å²) in [5.41, 5.74) is 1.22. The Morgan fingerprint density at radius 2 is 1.48 bits per heavy atom. The number of piperazine rings is 1. The minimum Gasteiger partial charge on any atom is -0.493 e. The molecule has 0 atom stereocenters. The highest BCUT2D eigenvalue weighted by atomic mass is 16.5. The van der Waals surface area contributed by atoms with Gasteiger partial charge in [0.05, 0.1) is 14.2 Å². The Kier molecular flexibility index (Phi) is 5.12. The van der Waals surface area contributed by atoms with Crippen molar-refractivity contribution in [3.8, 4) is 11.5 Å². The van der Waals surface area contributed by atoms with Crippen LogP contribution in [0.1, 0.15) is 20.9 Å². The SMILES string of the molecule is COc1ccc(C(=O)N2CCN(C(=O)c3cc4ccccc4o3)CC2)cc1OC. The molecule has 0 radical (unpaired) electrons. The Bertz CT molecular complexity index is 1020. The number of benzene rings is 2. The van der Waals surface area contributed by atoms with Crippen LogP contribution in [0.15, 0.2) is 52.9 Å². The van der Waals surface area contributed by atoms with Gasteiger partial charge in [0.25, 0.3) is 11.8 Å². The molecule has 150 valence electrons. The van der Waals surface area contributed by atoms with Crippen molar-refractivity contribution in [3.63, 3.8) is 0 Å². The zero-order chi connectivity index (χ0) is 20.4. The van der Waals surface area contributed by atoms with Crippen LogP contribution in [0, 0.1) is 0 Å². The summed E-state index contributed by atoms with van der Waals surface area (Å²) in [4.78, 5) is 29.1. The Hall–Kier alpha value is -3.48. The first kappa shape index (κ1) is 18.9. The second-order valence-electron chi connectivity index (χ2n) is 6.80. The minimum absolute atomic E-state index is 0.0956. The third-order valence-electron chi connectivity index (χ3n) is 5.12. The Balaban J connectivity index is 1.42. The second-order valence-corrected chi connectivity index (χ2v) is 6.80. The van der Waals surface area contributed by atoms with Gasteiger partial charge in [0.15, 0.2) is 17.3 Å². The fraction of sp³-hybridized carbons (Fsp3) is 0.273. The third kappa shape index (κ3) is 3.63. The van der Waals surface area contributed by atoms with Gasteiger partial charge >= 0.3 is 0 Å². The van der Waals surface area contributed by atoms with Crippen LogP contribution in [0.5, 0.6) is 11.5 Å². The summed E-state index contributed by atoms with van der Waals surface area (Å²) in [5.74, 6) is 1.16. The number of ether oxygens (including phenoxy) is 2. The fourth-order valence-corrected chi connectivity index (χ4v) is 3.51. The van der Waals surface area contributed by atoms with Gasteiger partial charge in [-0.3, -0.25) is 9.59 Å². The van der Waals surface area contributed by atoms with Crippen molar-refractivity contribution in [2.24, 2.45) is 0 Å². The molecule has 2 amide bonds. The predicted octanol–water partition coefficient (Wildman–Crippen LogP) is 3.05. The van der Waals surface area contributed by atoms with Crippen molar-refractivity contribution in [3.05, 3.63) is 59.9 Å². The summed E-state index contributed by atoms with van der Waals surface area (Å²) in [6.07, 6.45) is 0. The van der Waals surface area contributed by atoms with Gasteiger partial charge in [-0.1, -0.05) is 18.2 Å². The van der Waals surface area contributed by atoms with E-state index in [1.165, 1.54) is 7.11 Å². The number of methoxy groups -OCH3 is 2. The zero-order valence-corrected chi connectivity index (χ0v) is 16.4. The quantitative estimate of drug-likeness (QED) is 0.680. The van der Waals surface area contributed by atoms with Crippen LogP contribution in [0.25, 0.3) is 11.0 Å². The molecule has 1 aliphatic rings. The monoisotopic (exact) mass is 394 g/mol. The molecule has 7 heteroatoms. The first-order valence-electron chi connectivity index (χ1n) is 9.40. The lowest BCUT2D eigenvalue weighted by molar-refractivity contribution is 0.0519. The molecule has 0 aliphatic carbocycles. The second kappa shape index (κ2) is 7.87. The van der Waals surface area contributed by atoms with Crippen LogP contribution in [0.2, 0.25) is 0 Å². The number of para-hydroxylation sites is 1. The largest absolute Gasteiger partial charge is 0.493 e. The van der Waals surface area contributed by atoms with Crippen molar-refractivity contribution in [1.82, 2.24) is 9.80 Å². The van der Waals surface area contributed by atoms with E-state index in [-0.39, 0.29) is 11.8 Å². The summed E-state index contributed by atoms with van der Waals surface area (Å²) < 4.78 is 16.2. The number of fused-ring (bicyclic) bond motifs is 1. The summed E-state index contributed by atoms with van der Waals surface area (Å²) in [7, 11) is 3.09. The summed E-state index contributed by atoms with van der Waals surface area (Å²) in [5, 5.41) is 0.901. The Morgan fingerprint density at radius 3 is 2.14 bits per heavy atom. The maximum atomic E-state index is 12.8. The molecule has 0 bridgehead atoms. The molecule has 1 fully saturated rings. The maximum absolute atomic E-state index is 12.8. The van der Waals surface area contributed by atoms with E-state index in [2.05, 4.69) is 0 Å². The van der Waals surface area contributed by atoms with E-state index in [9.17, 15) is 9.59 Å². The van der Waals surface area contributed by atoms with E-state index in [0.717, 1.165) is 5.39 Å². The molecule has 0 spiro atoms. The molecule has 0 unspecified atom stereocenters. The number of rotatable bonds is 4. The highest BCUT2D eigenvalue weighted by Gasteiger charge is 2.27. The van der Waals surface area contributed by atoms with Gasteiger partial charge in [0.1, 0.15) is 5.58 Å². The molecule has 3 aromatic rings. The first-order valence-corrected chi connectivity index (χ1v) is 9.40. The van der Waals surface area contributed by atoms with E-state index in [4.69, 9.17) is 13.9 Å². The van der Waals surface area contributed by atoms with Gasteiger partial charge in [0.2, 0.25) is 0 Å². The van der Waals surface area contributed by atoms with E-state index >= 15 is 0 Å². The maximum Gasteiger partial charge on any atom is 0.289 e. The number of furan rings is 1. The Labute approximate surface area is 168 Å². The first-order chi connectivity index (χ1) is 14.1. The predicted molar refractivity (Wildman–Crippen MR) is 108 cm³/mol. The average molecular weight is 394 g/mol. The Morgan fingerprint density at radius 1 is 0.828 bits per heavy atom. The molecule has 29 heavy (non-hydrogen) atoms. The highest BCUT2D eigenvalue weighted by molar-refractivity contribution is 5.97. The van der Waals surface area contributed by atoms with Crippen molar-refractivity contribution < 1.29 is 23.5 Å². The van der Waals surface area contributed by atoms with Crippen LogP contribution in [0.4, 0.5) is 0 Å². The van der Waals surface area contributed by atoms with Crippen LogP contribution in [-0.4, -0.2) is 62.0 Å². The minimum atomic E-state index is -0.153. The summed E-state index contributed by atoms with van der Waals surface area (Å²) in [6.45, 7) is 1.82. The van der Waals surface area contributed by atoms with Crippen LogP contribution in [-0.2, 0) is 0 Å². The molecule has 2 aromatic carbocycles. The van der Waals surface area contributed by atoms with Gasteiger partial charge in [-0.25, -0.2) is 0 Å². The summed E-state index contributed by atoms with van der Waals surface area (Å²) in [6, 6.07) is 14.4. The standard InChI is InChI=1S/C22H22N2O5/c1-27-18-8-7-16(14-19(18)28-2)21(25)23-9-11-24(12-10-23)22(26)20-13-15-5-3-4-6-17(15)29-20/h3-8,13-14H,9-12H2,1-2H3. The highest BCUT2D eigenvalue weighted by Crippen LogP contribution is 2.28. The van der Waals surface area contributed by atoms with Crippen molar-refractivity contribution in [2.45, 2.75) is 0 Å². The number of carbonyl (C=O) groups excluding carboxylic acids is 2. The number of carbonyl (C=O) groups is 2. The van der Waals surface area contributed by atoms with Crippen LogP contribution in [0.3, 0.4) is 0 Å². The van der Waals surface area contributed by atoms with Crippen LogP contribution >= 0.6 is 0 Å². The zero-order valence-electron chi connectivity index (χ0n) is 16.4. The van der Waals surface area contributed by atoms with E-state index in [0.29, 0.717) is 54.6 Å². The number of hydrogen-bond acceptors (Lipinski definition) is 5.